The van der Waals surface area contributed by atoms with Gasteiger partial charge in [0, 0.05) is 18.3 Å². The molecule has 1 heterocycles. The van der Waals surface area contributed by atoms with Crippen LogP contribution in [0.3, 0.4) is 0 Å². The second-order valence-corrected chi connectivity index (χ2v) is 3.26. The fraction of sp³-hybridized carbons (Fsp3) is 0.250. The van der Waals surface area contributed by atoms with E-state index in [4.69, 9.17) is 0 Å². The summed E-state index contributed by atoms with van der Waals surface area (Å²) in [5.74, 6) is 0. The zero-order valence-corrected chi connectivity index (χ0v) is 7.61. The summed E-state index contributed by atoms with van der Waals surface area (Å²) in [5, 5.41) is 0. The van der Waals surface area contributed by atoms with E-state index in [0.29, 0.717) is 0 Å². The molecular weight excluding hydrogens is 158 g/mol. The van der Waals surface area contributed by atoms with E-state index in [2.05, 4.69) is 29.3 Å². The van der Waals surface area contributed by atoms with Gasteiger partial charge in [-0.1, -0.05) is 24.3 Å². The van der Waals surface area contributed by atoms with Crippen molar-refractivity contribution in [1.29, 1.82) is 0 Å². The minimum Gasteiger partial charge on any atom is -0.261 e. The average Bonchev–Trinajstić information content (AvgIpc) is 2.21. The first-order chi connectivity index (χ1) is 6.45. The fourth-order valence-electron chi connectivity index (χ4n) is 1.51. The van der Waals surface area contributed by atoms with Gasteiger partial charge in [0.15, 0.2) is 0 Å². The molecule has 0 fully saturated rings. The van der Waals surface area contributed by atoms with Gasteiger partial charge in [0.05, 0.1) is 0 Å². The highest BCUT2D eigenvalue weighted by molar-refractivity contribution is 5.27. The Morgan fingerprint density at radius 2 is 2.23 bits per heavy atom. The van der Waals surface area contributed by atoms with E-state index < -0.39 is 0 Å². The largest absolute Gasteiger partial charge is 0.261 e. The van der Waals surface area contributed by atoms with E-state index >= 15 is 0 Å². The molecule has 1 aliphatic carbocycles. The molecule has 2 rings (SSSR count). The second kappa shape index (κ2) is 4.04. The SMILES string of the molecule is C1=CC(Cc2ccccn2)=CCC1. The zero-order valence-electron chi connectivity index (χ0n) is 7.61. The predicted molar refractivity (Wildman–Crippen MR) is 54.4 cm³/mol. The predicted octanol–water partition coefficient (Wildman–Crippen LogP) is 2.90. The van der Waals surface area contributed by atoms with Crippen molar-refractivity contribution in [3.63, 3.8) is 0 Å². The smallest absolute Gasteiger partial charge is 0.0447 e. The molecule has 0 aromatic carbocycles. The van der Waals surface area contributed by atoms with Crippen molar-refractivity contribution >= 4 is 0 Å². The van der Waals surface area contributed by atoms with Crippen molar-refractivity contribution in [3.8, 4) is 0 Å². The highest BCUT2D eigenvalue weighted by Crippen LogP contribution is 2.13. The molecule has 66 valence electrons. The van der Waals surface area contributed by atoms with Gasteiger partial charge in [-0.2, -0.15) is 0 Å². The summed E-state index contributed by atoms with van der Waals surface area (Å²) in [6.45, 7) is 0. The van der Waals surface area contributed by atoms with Crippen molar-refractivity contribution in [2.45, 2.75) is 19.3 Å². The van der Waals surface area contributed by atoms with Crippen LogP contribution in [0, 0.1) is 0 Å². The lowest BCUT2D eigenvalue weighted by molar-refractivity contribution is 0.977. The normalized spacial score (nSPS) is 15.5. The third-order valence-electron chi connectivity index (χ3n) is 2.18. The van der Waals surface area contributed by atoms with Crippen molar-refractivity contribution in [2.24, 2.45) is 0 Å². The number of allylic oxidation sites excluding steroid dienone is 4. The lowest BCUT2D eigenvalue weighted by atomic mass is 10.0. The molecule has 0 N–H and O–H groups in total. The van der Waals surface area contributed by atoms with Crippen molar-refractivity contribution < 1.29 is 0 Å². The molecular formula is C12H13N. The molecule has 1 aliphatic rings. The molecule has 0 saturated carbocycles. The van der Waals surface area contributed by atoms with E-state index in [9.17, 15) is 0 Å². The maximum Gasteiger partial charge on any atom is 0.0447 e. The Morgan fingerprint density at radius 1 is 1.23 bits per heavy atom. The van der Waals surface area contributed by atoms with Crippen LogP contribution in [0.2, 0.25) is 0 Å². The Balaban J connectivity index is 2.06. The Hall–Kier alpha value is -1.37. The molecule has 0 saturated heterocycles. The topological polar surface area (TPSA) is 12.9 Å². The third kappa shape index (κ3) is 2.28. The van der Waals surface area contributed by atoms with Crippen molar-refractivity contribution in [2.75, 3.05) is 0 Å². The monoisotopic (exact) mass is 171 g/mol. The van der Waals surface area contributed by atoms with Crippen LogP contribution in [0.5, 0.6) is 0 Å². The Morgan fingerprint density at radius 3 is 2.92 bits per heavy atom. The van der Waals surface area contributed by atoms with Gasteiger partial charge in [0.2, 0.25) is 0 Å². The van der Waals surface area contributed by atoms with Crippen molar-refractivity contribution in [1.82, 2.24) is 4.98 Å². The molecule has 0 spiro atoms. The van der Waals surface area contributed by atoms with E-state index in [1.165, 1.54) is 18.4 Å². The molecule has 0 aliphatic heterocycles. The van der Waals surface area contributed by atoms with Gasteiger partial charge in [0.1, 0.15) is 0 Å². The van der Waals surface area contributed by atoms with Crippen LogP contribution < -0.4 is 0 Å². The molecule has 1 nitrogen and oxygen atoms in total. The first kappa shape index (κ1) is 8.24. The average molecular weight is 171 g/mol. The summed E-state index contributed by atoms with van der Waals surface area (Å²) in [6, 6.07) is 6.06. The third-order valence-corrected chi connectivity index (χ3v) is 2.18. The van der Waals surface area contributed by atoms with E-state index in [-0.39, 0.29) is 0 Å². The second-order valence-electron chi connectivity index (χ2n) is 3.26. The van der Waals surface area contributed by atoms with E-state index in [1.54, 1.807) is 0 Å². The number of rotatable bonds is 2. The summed E-state index contributed by atoms with van der Waals surface area (Å²) in [4.78, 5) is 4.30. The summed E-state index contributed by atoms with van der Waals surface area (Å²) in [7, 11) is 0. The molecule has 13 heavy (non-hydrogen) atoms. The molecule has 0 amide bonds. The Labute approximate surface area is 78.8 Å². The van der Waals surface area contributed by atoms with Crippen LogP contribution in [0.15, 0.2) is 48.2 Å². The molecule has 0 bridgehead atoms. The Bertz CT molecular complexity index is 322. The van der Waals surface area contributed by atoms with Gasteiger partial charge in [-0.05, 0) is 30.5 Å². The zero-order chi connectivity index (χ0) is 8.93. The van der Waals surface area contributed by atoms with Gasteiger partial charge in [-0.15, -0.1) is 0 Å². The van der Waals surface area contributed by atoms with Gasteiger partial charge in [0.25, 0.3) is 0 Å². The molecule has 0 atom stereocenters. The number of hydrogen-bond donors (Lipinski definition) is 0. The molecule has 0 radical (unpaired) electrons. The van der Waals surface area contributed by atoms with Crippen LogP contribution in [0.25, 0.3) is 0 Å². The summed E-state index contributed by atoms with van der Waals surface area (Å²) in [5.41, 5.74) is 2.55. The highest BCUT2D eigenvalue weighted by atomic mass is 14.7. The quantitative estimate of drug-likeness (QED) is 0.666. The maximum absolute atomic E-state index is 4.30. The minimum atomic E-state index is 0.970. The van der Waals surface area contributed by atoms with Crippen LogP contribution in [-0.4, -0.2) is 4.98 Å². The standard InChI is InChI=1S/C12H13N/c1-2-6-11(7-3-1)10-12-8-4-5-9-13-12/h2,4-9H,1,3,10H2. The van der Waals surface area contributed by atoms with Gasteiger partial charge in [-0.25, -0.2) is 0 Å². The minimum absolute atomic E-state index is 0.970. The fourth-order valence-corrected chi connectivity index (χ4v) is 1.51. The molecule has 1 heteroatoms. The summed E-state index contributed by atoms with van der Waals surface area (Å²) in [6.07, 6.45) is 11.9. The highest BCUT2D eigenvalue weighted by Gasteiger charge is 1.99. The van der Waals surface area contributed by atoms with Crippen LogP contribution in [-0.2, 0) is 6.42 Å². The van der Waals surface area contributed by atoms with Gasteiger partial charge >= 0.3 is 0 Å². The lowest BCUT2D eigenvalue weighted by Crippen LogP contribution is -1.93. The van der Waals surface area contributed by atoms with Gasteiger partial charge < -0.3 is 0 Å². The van der Waals surface area contributed by atoms with E-state index in [1.807, 2.05) is 18.3 Å². The first-order valence-corrected chi connectivity index (χ1v) is 4.70. The Kier molecular flexibility index (Phi) is 2.56. The maximum atomic E-state index is 4.30. The summed E-state index contributed by atoms with van der Waals surface area (Å²) >= 11 is 0. The first-order valence-electron chi connectivity index (χ1n) is 4.70. The van der Waals surface area contributed by atoms with Crippen LogP contribution in [0.4, 0.5) is 0 Å². The summed E-state index contributed by atoms with van der Waals surface area (Å²) < 4.78 is 0. The lowest BCUT2D eigenvalue weighted by Gasteiger charge is -2.05. The van der Waals surface area contributed by atoms with Gasteiger partial charge in [-0.3, -0.25) is 4.98 Å². The molecule has 1 aromatic rings. The van der Waals surface area contributed by atoms with E-state index in [0.717, 1.165) is 12.1 Å². The number of nitrogens with zero attached hydrogens (tertiary/aromatic N) is 1. The number of aromatic nitrogens is 1. The van der Waals surface area contributed by atoms with Crippen molar-refractivity contribution in [3.05, 3.63) is 53.9 Å². The van der Waals surface area contributed by atoms with Crippen LogP contribution >= 0.6 is 0 Å². The van der Waals surface area contributed by atoms with Crippen LogP contribution in [0.1, 0.15) is 18.5 Å². The number of pyridine rings is 1. The molecule has 1 aromatic heterocycles. The molecule has 0 unspecified atom stereocenters. The number of hydrogen-bond acceptors (Lipinski definition) is 1.